The quantitative estimate of drug-likeness (QED) is 0.793. The number of nitrogens with zero attached hydrogens (tertiary/aromatic N) is 3. The monoisotopic (exact) mass is 342 g/mol. The van der Waals surface area contributed by atoms with Crippen molar-refractivity contribution >= 4 is 5.91 Å². The smallest absolute Gasteiger partial charge is 0.253 e. The Balaban J connectivity index is 2.00. The minimum atomic E-state index is -0.983. The van der Waals surface area contributed by atoms with Crippen LogP contribution in [-0.4, -0.2) is 20.4 Å². The summed E-state index contributed by atoms with van der Waals surface area (Å²) in [7, 11) is 1.76. The van der Waals surface area contributed by atoms with Crippen molar-refractivity contribution in [1.29, 1.82) is 0 Å². The Hall–Kier alpha value is -3.09. The molecule has 7 heteroatoms. The minimum Gasteiger partial charge on any atom is -0.338 e. The van der Waals surface area contributed by atoms with E-state index >= 15 is 0 Å². The van der Waals surface area contributed by atoms with Crippen molar-refractivity contribution < 1.29 is 13.6 Å². The van der Waals surface area contributed by atoms with Gasteiger partial charge >= 0.3 is 0 Å². The lowest BCUT2D eigenvalue weighted by Crippen LogP contribution is -2.31. The molecule has 3 aromatic rings. The average Bonchev–Trinajstić information content (AvgIpc) is 3.01. The molecule has 128 valence electrons. The van der Waals surface area contributed by atoms with Gasteiger partial charge in [-0.15, -0.1) is 0 Å². The second kappa shape index (κ2) is 6.80. The Morgan fingerprint density at radius 3 is 2.60 bits per heavy atom. The Labute approximate surface area is 143 Å². The molecule has 0 fully saturated rings. The van der Waals surface area contributed by atoms with Crippen molar-refractivity contribution in [3.05, 3.63) is 83.2 Å². The van der Waals surface area contributed by atoms with Gasteiger partial charge in [-0.05, 0) is 36.8 Å². The van der Waals surface area contributed by atoms with Gasteiger partial charge in [0.1, 0.15) is 11.9 Å². The van der Waals surface area contributed by atoms with E-state index in [-0.39, 0.29) is 5.91 Å². The first-order valence-electron chi connectivity index (χ1n) is 7.62. The van der Waals surface area contributed by atoms with Gasteiger partial charge in [-0.3, -0.25) is 9.78 Å². The van der Waals surface area contributed by atoms with Crippen LogP contribution in [0.25, 0.3) is 0 Å². The second-order valence-electron chi connectivity index (χ2n) is 5.61. The Morgan fingerprint density at radius 1 is 1.16 bits per heavy atom. The van der Waals surface area contributed by atoms with Gasteiger partial charge in [-0.1, -0.05) is 6.07 Å². The normalized spacial score (nSPS) is 12.0. The molecule has 0 saturated carbocycles. The van der Waals surface area contributed by atoms with Crippen LogP contribution in [0.4, 0.5) is 8.78 Å². The van der Waals surface area contributed by atoms with E-state index in [0.717, 1.165) is 12.1 Å². The molecule has 0 saturated heterocycles. The van der Waals surface area contributed by atoms with Crippen LogP contribution >= 0.6 is 0 Å². The highest BCUT2D eigenvalue weighted by molar-refractivity contribution is 5.95. The molecule has 1 N–H and O–H groups in total. The maximum Gasteiger partial charge on any atom is 0.253 e. The van der Waals surface area contributed by atoms with Crippen molar-refractivity contribution in [3.63, 3.8) is 0 Å². The molecule has 0 aliphatic heterocycles. The largest absolute Gasteiger partial charge is 0.338 e. The van der Waals surface area contributed by atoms with E-state index in [1.807, 2.05) is 0 Å². The van der Waals surface area contributed by atoms with Gasteiger partial charge in [0.25, 0.3) is 5.91 Å². The zero-order valence-electron chi connectivity index (χ0n) is 13.7. The lowest BCUT2D eigenvalue weighted by Gasteiger charge is -2.20. The SMILES string of the molecule is Cc1ncccc1C(=O)N[C@@H](c1ccc(F)c(F)c1)c1nccn1C. The number of amides is 1. The molecule has 1 atom stereocenters. The zero-order chi connectivity index (χ0) is 18.0. The summed E-state index contributed by atoms with van der Waals surface area (Å²) in [4.78, 5) is 21.0. The number of pyridine rings is 1. The summed E-state index contributed by atoms with van der Waals surface area (Å²) in [5.41, 5.74) is 1.37. The van der Waals surface area contributed by atoms with E-state index in [0.29, 0.717) is 22.6 Å². The van der Waals surface area contributed by atoms with E-state index in [1.54, 1.807) is 49.3 Å². The number of imidazole rings is 1. The molecule has 0 spiro atoms. The molecular formula is C18H16F2N4O. The fourth-order valence-electron chi connectivity index (χ4n) is 2.58. The van der Waals surface area contributed by atoms with Crippen LogP contribution in [0.3, 0.4) is 0 Å². The van der Waals surface area contributed by atoms with Gasteiger partial charge in [0, 0.05) is 31.3 Å². The van der Waals surface area contributed by atoms with Gasteiger partial charge in [-0.25, -0.2) is 13.8 Å². The number of carbonyl (C=O) groups is 1. The predicted octanol–water partition coefficient (Wildman–Crippen LogP) is 2.92. The Kier molecular flexibility index (Phi) is 4.56. The van der Waals surface area contributed by atoms with Gasteiger partial charge in [-0.2, -0.15) is 0 Å². The molecule has 0 aliphatic carbocycles. The number of hydrogen-bond donors (Lipinski definition) is 1. The van der Waals surface area contributed by atoms with E-state index < -0.39 is 17.7 Å². The van der Waals surface area contributed by atoms with Crippen molar-refractivity contribution in [3.8, 4) is 0 Å². The third-order valence-corrected chi connectivity index (χ3v) is 3.92. The maximum absolute atomic E-state index is 13.7. The molecular weight excluding hydrogens is 326 g/mol. The molecule has 2 heterocycles. The maximum atomic E-state index is 13.7. The molecule has 3 rings (SSSR count). The average molecular weight is 342 g/mol. The molecule has 0 radical (unpaired) electrons. The summed E-state index contributed by atoms with van der Waals surface area (Å²) in [5.74, 6) is -1.80. The minimum absolute atomic E-state index is 0.372. The number of rotatable bonds is 4. The summed E-state index contributed by atoms with van der Waals surface area (Å²) in [6.45, 7) is 1.72. The number of carbonyl (C=O) groups excluding carboxylic acids is 1. The molecule has 0 aliphatic rings. The lowest BCUT2D eigenvalue weighted by molar-refractivity contribution is 0.0940. The molecule has 1 aromatic carbocycles. The van der Waals surface area contributed by atoms with Crippen LogP contribution in [0.1, 0.15) is 33.5 Å². The first kappa shape index (κ1) is 16.8. The number of aryl methyl sites for hydroxylation is 2. The van der Waals surface area contributed by atoms with Crippen LogP contribution in [0.2, 0.25) is 0 Å². The number of aromatic nitrogens is 3. The van der Waals surface area contributed by atoms with E-state index in [2.05, 4.69) is 15.3 Å². The van der Waals surface area contributed by atoms with E-state index in [1.165, 1.54) is 6.07 Å². The molecule has 0 unspecified atom stereocenters. The number of nitrogens with one attached hydrogen (secondary N) is 1. The molecule has 25 heavy (non-hydrogen) atoms. The van der Waals surface area contributed by atoms with Crippen molar-refractivity contribution in [2.24, 2.45) is 7.05 Å². The number of hydrogen-bond acceptors (Lipinski definition) is 3. The number of halogens is 2. The van der Waals surface area contributed by atoms with Gasteiger partial charge in [0.15, 0.2) is 11.6 Å². The summed E-state index contributed by atoms with van der Waals surface area (Å²) in [5, 5.41) is 2.83. The summed E-state index contributed by atoms with van der Waals surface area (Å²) in [6.07, 6.45) is 4.88. The van der Waals surface area contributed by atoms with Crippen molar-refractivity contribution in [2.75, 3.05) is 0 Å². The van der Waals surface area contributed by atoms with Crippen LogP contribution < -0.4 is 5.32 Å². The predicted molar refractivity (Wildman–Crippen MR) is 87.8 cm³/mol. The highest BCUT2D eigenvalue weighted by Crippen LogP contribution is 2.23. The Morgan fingerprint density at radius 2 is 1.96 bits per heavy atom. The highest BCUT2D eigenvalue weighted by Gasteiger charge is 2.23. The van der Waals surface area contributed by atoms with Crippen LogP contribution in [0.5, 0.6) is 0 Å². The van der Waals surface area contributed by atoms with Crippen LogP contribution in [0.15, 0.2) is 48.9 Å². The van der Waals surface area contributed by atoms with Gasteiger partial charge < -0.3 is 9.88 Å². The molecule has 0 bridgehead atoms. The zero-order valence-corrected chi connectivity index (χ0v) is 13.7. The topological polar surface area (TPSA) is 59.8 Å². The second-order valence-corrected chi connectivity index (χ2v) is 5.61. The number of benzene rings is 1. The highest BCUT2D eigenvalue weighted by atomic mass is 19.2. The third-order valence-electron chi connectivity index (χ3n) is 3.92. The van der Waals surface area contributed by atoms with Gasteiger partial charge in [0.05, 0.1) is 5.56 Å². The van der Waals surface area contributed by atoms with Crippen LogP contribution in [-0.2, 0) is 7.05 Å². The summed E-state index contributed by atoms with van der Waals surface area (Å²) < 4.78 is 28.7. The first-order chi connectivity index (χ1) is 12.0. The lowest BCUT2D eigenvalue weighted by atomic mass is 10.0. The van der Waals surface area contributed by atoms with Crippen LogP contribution in [0, 0.1) is 18.6 Å². The molecule has 1 amide bonds. The van der Waals surface area contributed by atoms with Gasteiger partial charge in [0.2, 0.25) is 0 Å². The fraction of sp³-hybridized carbons (Fsp3) is 0.167. The standard InChI is InChI=1S/C18H16F2N4O/c1-11-13(4-3-7-21-11)18(25)23-16(17-22-8-9-24(17)2)12-5-6-14(19)15(20)10-12/h3-10,16H,1-2H3,(H,23,25)/t16-/m0/s1. The third kappa shape index (κ3) is 3.40. The summed E-state index contributed by atoms with van der Waals surface area (Å²) >= 11 is 0. The van der Waals surface area contributed by atoms with Crippen molar-refractivity contribution in [1.82, 2.24) is 19.9 Å². The van der Waals surface area contributed by atoms with Crippen molar-refractivity contribution in [2.45, 2.75) is 13.0 Å². The Bertz CT molecular complexity index is 923. The van der Waals surface area contributed by atoms with E-state index in [9.17, 15) is 13.6 Å². The fourth-order valence-corrected chi connectivity index (χ4v) is 2.58. The van der Waals surface area contributed by atoms with E-state index in [4.69, 9.17) is 0 Å². The molecule has 5 nitrogen and oxygen atoms in total. The first-order valence-corrected chi connectivity index (χ1v) is 7.62. The summed E-state index contributed by atoms with van der Waals surface area (Å²) in [6, 6.07) is 6.09. The molecule has 2 aromatic heterocycles.